The number of sulfonamides is 1. The van der Waals surface area contributed by atoms with Crippen molar-refractivity contribution in [2.24, 2.45) is 5.92 Å². The maximum Gasteiger partial charge on any atom is 0.238 e. The topological polar surface area (TPSA) is 102 Å². The maximum atomic E-state index is 12.6. The van der Waals surface area contributed by atoms with Crippen LogP contribution in [0.2, 0.25) is 0 Å². The van der Waals surface area contributed by atoms with Crippen molar-refractivity contribution in [1.82, 2.24) is 14.9 Å². The van der Waals surface area contributed by atoms with Gasteiger partial charge in [0.15, 0.2) is 0 Å². The molecule has 4 rings (SSSR count). The van der Waals surface area contributed by atoms with E-state index in [1.165, 1.54) is 5.56 Å². The lowest BCUT2D eigenvalue weighted by Gasteiger charge is -2.32. The van der Waals surface area contributed by atoms with Crippen LogP contribution in [0.4, 0.5) is 0 Å². The largest absolute Gasteiger partial charge is 0.339 e. The number of carbonyl (C=O) groups excluding carboxylic acids is 1. The van der Waals surface area contributed by atoms with Gasteiger partial charge in [-0.05, 0) is 68.9 Å². The molecule has 0 radical (unpaired) electrons. The van der Waals surface area contributed by atoms with Gasteiger partial charge in [-0.1, -0.05) is 24.3 Å². The summed E-state index contributed by atoms with van der Waals surface area (Å²) in [5.41, 5.74) is 2.22. The standard InChI is InChI=1S/C24H34N4O3S/c1-16(2)32(30,31)28-11-9-19(10-12-28)18-5-3-17(4-6-18)13-22(15-25)27-24(29)23-20-7-8-21(14-20)26-23/h3-6,16,19-23,26H,7-14H2,1-2H3,(H,27,29)/t20-,21-,22-,23-/m0/s1. The minimum atomic E-state index is -3.18. The lowest BCUT2D eigenvalue weighted by molar-refractivity contribution is -0.124. The number of nitrogens with one attached hydrogen (secondary N) is 2. The molecular formula is C24H34N4O3S. The van der Waals surface area contributed by atoms with Crippen LogP contribution in [0.1, 0.15) is 63.0 Å². The van der Waals surface area contributed by atoms with E-state index in [-0.39, 0.29) is 17.2 Å². The van der Waals surface area contributed by atoms with E-state index in [9.17, 15) is 18.5 Å². The lowest BCUT2D eigenvalue weighted by atomic mass is 9.89. The molecule has 1 aliphatic carbocycles. The number of benzene rings is 1. The van der Waals surface area contributed by atoms with Crippen LogP contribution in [-0.2, 0) is 21.2 Å². The van der Waals surface area contributed by atoms with Crippen molar-refractivity contribution in [2.45, 2.75) is 81.7 Å². The summed E-state index contributed by atoms with van der Waals surface area (Å²) in [6, 6.07) is 10.2. The predicted molar refractivity (Wildman–Crippen MR) is 123 cm³/mol. The number of hydrogen-bond donors (Lipinski definition) is 2. The molecule has 0 aromatic heterocycles. The first-order valence-electron chi connectivity index (χ1n) is 11.8. The van der Waals surface area contributed by atoms with Crippen LogP contribution >= 0.6 is 0 Å². The Morgan fingerprint density at radius 2 is 1.88 bits per heavy atom. The van der Waals surface area contributed by atoms with Crippen molar-refractivity contribution in [3.05, 3.63) is 35.4 Å². The number of nitriles is 1. The van der Waals surface area contributed by atoms with Gasteiger partial charge in [-0.2, -0.15) is 5.26 Å². The van der Waals surface area contributed by atoms with Crippen molar-refractivity contribution in [2.75, 3.05) is 13.1 Å². The van der Waals surface area contributed by atoms with Gasteiger partial charge in [0.25, 0.3) is 0 Å². The van der Waals surface area contributed by atoms with Gasteiger partial charge in [0.1, 0.15) is 6.04 Å². The van der Waals surface area contributed by atoms with Crippen LogP contribution < -0.4 is 10.6 Å². The number of fused-ring (bicyclic) bond motifs is 2. The fraction of sp³-hybridized carbons (Fsp3) is 0.667. The molecule has 32 heavy (non-hydrogen) atoms. The fourth-order valence-corrected chi connectivity index (χ4v) is 6.76. The van der Waals surface area contributed by atoms with Gasteiger partial charge in [0, 0.05) is 25.6 Å². The van der Waals surface area contributed by atoms with E-state index in [0.717, 1.165) is 37.7 Å². The Labute approximate surface area is 191 Å². The van der Waals surface area contributed by atoms with E-state index in [1.807, 2.05) is 12.1 Å². The summed E-state index contributed by atoms with van der Waals surface area (Å²) in [6.07, 6.45) is 5.43. The smallest absolute Gasteiger partial charge is 0.238 e. The zero-order valence-electron chi connectivity index (χ0n) is 19.0. The molecule has 8 heteroatoms. The first-order valence-corrected chi connectivity index (χ1v) is 13.3. The molecule has 4 atom stereocenters. The van der Waals surface area contributed by atoms with Gasteiger partial charge in [0.05, 0.1) is 17.4 Å². The second-order valence-electron chi connectivity index (χ2n) is 9.82. The molecule has 1 aromatic rings. The second-order valence-corrected chi connectivity index (χ2v) is 12.3. The van der Waals surface area contributed by atoms with Crippen LogP contribution in [0, 0.1) is 17.2 Å². The molecule has 1 amide bonds. The third-order valence-electron chi connectivity index (χ3n) is 7.42. The van der Waals surface area contributed by atoms with E-state index in [2.05, 4.69) is 28.8 Å². The zero-order chi connectivity index (χ0) is 22.9. The predicted octanol–water partition coefficient (Wildman–Crippen LogP) is 2.30. The Morgan fingerprint density at radius 3 is 2.41 bits per heavy atom. The normalized spacial score (nSPS) is 27.4. The van der Waals surface area contributed by atoms with Crippen LogP contribution in [-0.4, -0.2) is 55.1 Å². The summed E-state index contributed by atoms with van der Waals surface area (Å²) in [6.45, 7) is 4.58. The van der Waals surface area contributed by atoms with Gasteiger partial charge < -0.3 is 10.6 Å². The molecule has 3 aliphatic rings. The van der Waals surface area contributed by atoms with Gasteiger partial charge >= 0.3 is 0 Å². The number of carbonyl (C=O) groups is 1. The summed E-state index contributed by atoms with van der Waals surface area (Å²) in [5, 5.41) is 15.5. The van der Waals surface area contributed by atoms with Crippen LogP contribution in [0.3, 0.4) is 0 Å². The van der Waals surface area contributed by atoms with Gasteiger partial charge in [0.2, 0.25) is 15.9 Å². The van der Waals surface area contributed by atoms with Crippen LogP contribution in [0.25, 0.3) is 0 Å². The quantitative estimate of drug-likeness (QED) is 0.653. The Bertz CT molecular complexity index is 962. The minimum absolute atomic E-state index is 0.0523. The van der Waals surface area contributed by atoms with E-state index >= 15 is 0 Å². The fourth-order valence-electron chi connectivity index (χ4n) is 5.44. The molecule has 7 nitrogen and oxygen atoms in total. The molecule has 0 spiro atoms. The van der Waals surface area contributed by atoms with Crippen LogP contribution in [0.5, 0.6) is 0 Å². The van der Waals surface area contributed by atoms with E-state index < -0.39 is 16.1 Å². The van der Waals surface area contributed by atoms with Gasteiger partial charge in [-0.25, -0.2) is 12.7 Å². The van der Waals surface area contributed by atoms with Crippen molar-refractivity contribution >= 4 is 15.9 Å². The van der Waals surface area contributed by atoms with Gasteiger partial charge in [-0.3, -0.25) is 4.79 Å². The third kappa shape index (κ3) is 4.85. The number of piperidine rings is 2. The molecule has 174 valence electrons. The molecule has 2 N–H and O–H groups in total. The molecule has 2 aliphatic heterocycles. The lowest BCUT2D eigenvalue weighted by Crippen LogP contribution is -2.50. The Hall–Kier alpha value is -1.95. The Balaban J connectivity index is 1.30. The summed E-state index contributed by atoms with van der Waals surface area (Å²) < 4.78 is 26.4. The Morgan fingerprint density at radius 1 is 1.19 bits per heavy atom. The number of rotatable bonds is 7. The molecule has 3 fully saturated rings. The first kappa shape index (κ1) is 23.2. The summed E-state index contributed by atoms with van der Waals surface area (Å²) in [4.78, 5) is 12.6. The van der Waals surface area contributed by atoms with Crippen molar-refractivity contribution < 1.29 is 13.2 Å². The average Bonchev–Trinajstić information content (AvgIpc) is 3.43. The highest BCUT2D eigenvalue weighted by molar-refractivity contribution is 7.89. The first-order chi connectivity index (χ1) is 15.3. The average molecular weight is 459 g/mol. The Kier molecular flexibility index (Phi) is 6.89. The van der Waals surface area contributed by atoms with Crippen molar-refractivity contribution in [3.8, 4) is 6.07 Å². The van der Waals surface area contributed by atoms with Gasteiger partial charge in [-0.15, -0.1) is 0 Å². The number of hydrogen-bond acceptors (Lipinski definition) is 5. The SMILES string of the molecule is CC(C)S(=O)(=O)N1CCC(c2ccc(C[C@@H](C#N)NC(=O)[C@H]3N[C@H]4CC[C@H]3C4)cc2)CC1. The minimum Gasteiger partial charge on any atom is -0.339 e. The molecular weight excluding hydrogens is 424 g/mol. The van der Waals surface area contributed by atoms with Crippen molar-refractivity contribution in [3.63, 3.8) is 0 Å². The van der Waals surface area contributed by atoms with E-state index in [1.54, 1.807) is 18.2 Å². The summed E-state index contributed by atoms with van der Waals surface area (Å²) in [7, 11) is -3.18. The number of amides is 1. The maximum absolute atomic E-state index is 12.6. The number of nitrogens with zero attached hydrogens (tertiary/aromatic N) is 2. The summed E-state index contributed by atoms with van der Waals surface area (Å²) >= 11 is 0. The third-order valence-corrected chi connectivity index (χ3v) is 9.69. The molecule has 2 saturated heterocycles. The zero-order valence-corrected chi connectivity index (χ0v) is 19.8. The molecule has 2 heterocycles. The molecule has 2 bridgehead atoms. The van der Waals surface area contributed by atoms with E-state index in [0.29, 0.717) is 37.4 Å². The van der Waals surface area contributed by atoms with E-state index in [4.69, 9.17) is 0 Å². The second kappa shape index (κ2) is 9.50. The van der Waals surface area contributed by atoms with Crippen LogP contribution in [0.15, 0.2) is 24.3 Å². The highest BCUT2D eigenvalue weighted by Crippen LogP contribution is 2.35. The summed E-state index contributed by atoms with van der Waals surface area (Å²) in [5.74, 6) is 0.696. The van der Waals surface area contributed by atoms with Crippen molar-refractivity contribution in [1.29, 1.82) is 5.26 Å². The highest BCUT2D eigenvalue weighted by Gasteiger charge is 2.43. The molecule has 1 aromatic carbocycles. The monoisotopic (exact) mass is 458 g/mol. The highest BCUT2D eigenvalue weighted by atomic mass is 32.2. The molecule has 0 unspecified atom stereocenters. The molecule has 1 saturated carbocycles.